The summed E-state index contributed by atoms with van der Waals surface area (Å²) in [6.45, 7) is 12.2. The van der Waals surface area contributed by atoms with Crippen molar-refractivity contribution in [1.82, 2.24) is 10.2 Å². The Morgan fingerprint density at radius 3 is 2.39 bits per heavy atom. The summed E-state index contributed by atoms with van der Waals surface area (Å²) in [6.07, 6.45) is 0.833. The maximum atomic E-state index is 13.2. The first-order chi connectivity index (χ1) is 14.7. The lowest BCUT2D eigenvalue weighted by Crippen LogP contribution is -2.50. The zero-order valence-corrected chi connectivity index (χ0v) is 19.6. The zero-order valence-electron chi connectivity index (χ0n) is 19.6. The molecule has 5 nitrogen and oxygen atoms in total. The van der Waals surface area contributed by atoms with Gasteiger partial charge in [0.15, 0.2) is 6.61 Å². The third-order valence-electron chi connectivity index (χ3n) is 5.50. The Morgan fingerprint density at radius 1 is 1.03 bits per heavy atom. The van der Waals surface area contributed by atoms with Gasteiger partial charge >= 0.3 is 0 Å². The van der Waals surface area contributed by atoms with Crippen molar-refractivity contribution in [3.8, 4) is 5.75 Å². The molecular formula is C26H36N2O3. The van der Waals surface area contributed by atoms with Gasteiger partial charge in [-0.05, 0) is 50.3 Å². The van der Waals surface area contributed by atoms with Crippen molar-refractivity contribution in [2.45, 2.75) is 72.5 Å². The molecule has 0 saturated carbocycles. The quantitative estimate of drug-likeness (QED) is 0.594. The SMILES string of the molecule is CC[C@H](C)NC(=O)[C@H](C)N(Cc1cccc(C)c1)C(=O)COc1ccccc1C(C)C. The largest absolute Gasteiger partial charge is 0.483 e. The number of benzene rings is 2. The predicted molar refractivity (Wildman–Crippen MR) is 125 cm³/mol. The van der Waals surface area contributed by atoms with Crippen LogP contribution in [0, 0.1) is 6.92 Å². The molecular weight excluding hydrogens is 388 g/mol. The average Bonchev–Trinajstić information content (AvgIpc) is 2.75. The molecule has 168 valence electrons. The molecule has 0 bridgehead atoms. The minimum Gasteiger partial charge on any atom is -0.483 e. The summed E-state index contributed by atoms with van der Waals surface area (Å²) < 4.78 is 5.91. The molecule has 0 saturated heterocycles. The molecule has 0 aliphatic heterocycles. The van der Waals surface area contributed by atoms with E-state index in [-0.39, 0.29) is 30.4 Å². The average molecular weight is 425 g/mol. The first kappa shape index (κ1) is 24.4. The Kier molecular flexibility index (Phi) is 9.10. The number of nitrogens with zero attached hydrogens (tertiary/aromatic N) is 1. The van der Waals surface area contributed by atoms with E-state index in [0.717, 1.165) is 23.1 Å². The van der Waals surface area contributed by atoms with E-state index in [0.29, 0.717) is 12.3 Å². The number of aryl methyl sites for hydroxylation is 1. The Bertz CT molecular complexity index is 878. The van der Waals surface area contributed by atoms with Crippen LogP contribution in [0.1, 0.15) is 63.6 Å². The summed E-state index contributed by atoms with van der Waals surface area (Å²) in [6, 6.07) is 15.2. The van der Waals surface area contributed by atoms with E-state index in [1.165, 1.54) is 0 Å². The molecule has 2 atom stereocenters. The van der Waals surface area contributed by atoms with Crippen LogP contribution in [-0.2, 0) is 16.1 Å². The normalized spacial score (nSPS) is 12.9. The van der Waals surface area contributed by atoms with Crippen LogP contribution in [0.2, 0.25) is 0 Å². The monoisotopic (exact) mass is 424 g/mol. The van der Waals surface area contributed by atoms with Gasteiger partial charge in [-0.3, -0.25) is 9.59 Å². The van der Waals surface area contributed by atoms with Crippen LogP contribution < -0.4 is 10.1 Å². The lowest BCUT2D eigenvalue weighted by molar-refractivity contribution is -0.142. The molecule has 0 spiro atoms. The van der Waals surface area contributed by atoms with E-state index >= 15 is 0 Å². The van der Waals surface area contributed by atoms with Crippen molar-refractivity contribution in [3.05, 3.63) is 65.2 Å². The maximum Gasteiger partial charge on any atom is 0.261 e. The fourth-order valence-electron chi connectivity index (χ4n) is 3.37. The summed E-state index contributed by atoms with van der Waals surface area (Å²) in [7, 11) is 0. The number of ether oxygens (including phenoxy) is 1. The van der Waals surface area contributed by atoms with Crippen molar-refractivity contribution in [2.24, 2.45) is 0 Å². The summed E-state index contributed by atoms with van der Waals surface area (Å²) in [5, 5.41) is 2.99. The fourth-order valence-corrected chi connectivity index (χ4v) is 3.37. The molecule has 1 N–H and O–H groups in total. The topological polar surface area (TPSA) is 58.6 Å². The molecule has 0 unspecified atom stereocenters. The Morgan fingerprint density at radius 2 is 1.74 bits per heavy atom. The summed E-state index contributed by atoms with van der Waals surface area (Å²) in [4.78, 5) is 27.6. The van der Waals surface area contributed by atoms with E-state index in [2.05, 4.69) is 19.2 Å². The third kappa shape index (κ3) is 7.12. The highest BCUT2D eigenvalue weighted by molar-refractivity contribution is 5.88. The highest BCUT2D eigenvalue weighted by Crippen LogP contribution is 2.26. The highest BCUT2D eigenvalue weighted by atomic mass is 16.5. The standard InChI is InChI=1S/C26H36N2O3/c1-7-20(5)27-26(30)21(6)28(16-22-12-10-11-19(4)15-22)25(29)17-31-24-14-9-8-13-23(24)18(2)3/h8-15,18,20-21H,7,16-17H2,1-6H3,(H,27,30)/t20-,21-/m0/s1. The van der Waals surface area contributed by atoms with Gasteiger partial charge in [0.1, 0.15) is 11.8 Å². The molecule has 0 aliphatic rings. The van der Waals surface area contributed by atoms with E-state index in [1.54, 1.807) is 11.8 Å². The van der Waals surface area contributed by atoms with Gasteiger partial charge < -0.3 is 15.0 Å². The van der Waals surface area contributed by atoms with Crippen molar-refractivity contribution >= 4 is 11.8 Å². The zero-order chi connectivity index (χ0) is 23.0. The molecule has 0 radical (unpaired) electrons. The van der Waals surface area contributed by atoms with Gasteiger partial charge in [0.25, 0.3) is 5.91 Å². The summed E-state index contributed by atoms with van der Waals surface area (Å²) in [5.41, 5.74) is 3.16. The lowest BCUT2D eigenvalue weighted by atomic mass is 10.0. The minimum atomic E-state index is -0.606. The molecule has 2 aromatic carbocycles. The second-order valence-corrected chi connectivity index (χ2v) is 8.49. The van der Waals surface area contributed by atoms with Gasteiger partial charge in [0, 0.05) is 12.6 Å². The number of nitrogens with one attached hydrogen (secondary N) is 1. The number of rotatable bonds is 10. The van der Waals surface area contributed by atoms with Crippen LogP contribution in [0.3, 0.4) is 0 Å². The first-order valence-electron chi connectivity index (χ1n) is 11.1. The molecule has 5 heteroatoms. The molecule has 0 fully saturated rings. The van der Waals surface area contributed by atoms with Crippen LogP contribution in [0.15, 0.2) is 48.5 Å². The van der Waals surface area contributed by atoms with Crippen molar-refractivity contribution < 1.29 is 14.3 Å². The molecule has 2 rings (SSSR count). The molecule has 2 aromatic rings. The van der Waals surface area contributed by atoms with E-state index in [4.69, 9.17) is 4.74 Å². The number of para-hydroxylation sites is 1. The first-order valence-corrected chi connectivity index (χ1v) is 11.1. The number of amides is 2. The highest BCUT2D eigenvalue weighted by Gasteiger charge is 2.27. The van der Waals surface area contributed by atoms with Crippen LogP contribution in [0.4, 0.5) is 0 Å². The van der Waals surface area contributed by atoms with Gasteiger partial charge in [-0.2, -0.15) is 0 Å². The Hall–Kier alpha value is -2.82. The molecule has 0 aromatic heterocycles. The maximum absolute atomic E-state index is 13.2. The van der Waals surface area contributed by atoms with Gasteiger partial charge in [-0.25, -0.2) is 0 Å². The second-order valence-electron chi connectivity index (χ2n) is 8.49. The van der Waals surface area contributed by atoms with Crippen molar-refractivity contribution in [1.29, 1.82) is 0 Å². The van der Waals surface area contributed by atoms with Gasteiger partial charge in [0.05, 0.1) is 0 Å². The Balaban J connectivity index is 2.20. The third-order valence-corrected chi connectivity index (χ3v) is 5.50. The number of carbonyl (C=O) groups is 2. The lowest BCUT2D eigenvalue weighted by Gasteiger charge is -2.30. The van der Waals surface area contributed by atoms with Crippen LogP contribution >= 0.6 is 0 Å². The summed E-state index contributed by atoms with van der Waals surface area (Å²) >= 11 is 0. The summed E-state index contributed by atoms with van der Waals surface area (Å²) in [5.74, 6) is 0.623. The van der Waals surface area contributed by atoms with Gasteiger partial charge in [-0.1, -0.05) is 68.8 Å². The van der Waals surface area contributed by atoms with E-state index in [9.17, 15) is 9.59 Å². The number of hydrogen-bond acceptors (Lipinski definition) is 3. The molecule has 0 heterocycles. The fraction of sp³-hybridized carbons (Fsp3) is 0.462. The van der Waals surface area contributed by atoms with Gasteiger partial charge in [0.2, 0.25) is 5.91 Å². The molecule has 31 heavy (non-hydrogen) atoms. The second kappa shape index (κ2) is 11.5. The smallest absolute Gasteiger partial charge is 0.261 e. The van der Waals surface area contributed by atoms with Crippen LogP contribution in [-0.4, -0.2) is 35.4 Å². The number of carbonyl (C=O) groups excluding carboxylic acids is 2. The van der Waals surface area contributed by atoms with Crippen LogP contribution in [0.5, 0.6) is 5.75 Å². The van der Waals surface area contributed by atoms with E-state index < -0.39 is 6.04 Å². The minimum absolute atomic E-state index is 0.0556. The predicted octanol–water partition coefficient (Wildman–Crippen LogP) is 4.83. The van der Waals surface area contributed by atoms with Gasteiger partial charge in [-0.15, -0.1) is 0 Å². The van der Waals surface area contributed by atoms with Crippen molar-refractivity contribution in [3.63, 3.8) is 0 Å². The molecule has 0 aliphatic carbocycles. The molecule has 2 amide bonds. The van der Waals surface area contributed by atoms with E-state index in [1.807, 2.05) is 69.3 Å². The Labute approximate surface area is 186 Å². The number of hydrogen-bond donors (Lipinski definition) is 1. The van der Waals surface area contributed by atoms with Crippen LogP contribution in [0.25, 0.3) is 0 Å². The van der Waals surface area contributed by atoms with Crippen molar-refractivity contribution in [2.75, 3.05) is 6.61 Å².